The van der Waals surface area contributed by atoms with E-state index in [2.05, 4.69) is 10.9 Å². The molecule has 0 aliphatic heterocycles. The number of rotatable bonds is 5. The van der Waals surface area contributed by atoms with Crippen LogP contribution in [0, 0.1) is 6.92 Å². The average Bonchev–Trinajstić information content (AvgIpc) is 2.58. The normalized spacial score (nSPS) is 10.4. The summed E-state index contributed by atoms with van der Waals surface area (Å²) < 4.78 is 5.38. The van der Waals surface area contributed by atoms with E-state index in [1.54, 1.807) is 24.3 Å². The molecule has 5 nitrogen and oxygen atoms in total. The highest BCUT2D eigenvalue weighted by atomic mass is 35.5. The number of benzene rings is 2. The third-order valence-corrected chi connectivity index (χ3v) is 3.28. The van der Waals surface area contributed by atoms with E-state index in [0.29, 0.717) is 10.8 Å². The summed E-state index contributed by atoms with van der Waals surface area (Å²) in [4.78, 5) is 23.3. The highest BCUT2D eigenvalue weighted by Crippen LogP contribution is 2.21. The number of hydrogen-bond acceptors (Lipinski definition) is 3. The zero-order valence-corrected chi connectivity index (χ0v) is 13.8. The molecule has 0 bridgehead atoms. The molecule has 0 saturated heterocycles. The van der Waals surface area contributed by atoms with Crippen molar-refractivity contribution in [2.24, 2.45) is 0 Å². The average molecular weight is 345 g/mol. The van der Waals surface area contributed by atoms with Gasteiger partial charge in [0.15, 0.2) is 6.61 Å². The van der Waals surface area contributed by atoms with E-state index in [1.807, 2.05) is 37.3 Å². The molecule has 124 valence electrons. The van der Waals surface area contributed by atoms with Crippen LogP contribution >= 0.6 is 11.6 Å². The van der Waals surface area contributed by atoms with Gasteiger partial charge >= 0.3 is 0 Å². The van der Waals surface area contributed by atoms with Gasteiger partial charge in [0.2, 0.25) is 0 Å². The Morgan fingerprint density at radius 1 is 1.12 bits per heavy atom. The van der Waals surface area contributed by atoms with Crippen molar-refractivity contribution in [2.75, 3.05) is 6.61 Å². The highest BCUT2D eigenvalue weighted by Gasteiger charge is 2.06. The van der Waals surface area contributed by atoms with E-state index in [9.17, 15) is 9.59 Å². The standard InChI is InChI=1S/C18H17ClN2O3/c1-13-11-15(19)8-9-16(13)24-12-18(23)21-20-17(22)10-7-14-5-3-2-4-6-14/h2-11H,12H2,1H3,(H,20,22)(H,21,23). The minimum Gasteiger partial charge on any atom is -0.483 e. The van der Waals surface area contributed by atoms with Crippen molar-refractivity contribution in [3.8, 4) is 5.75 Å². The maximum Gasteiger partial charge on any atom is 0.276 e. The van der Waals surface area contributed by atoms with Crippen LogP contribution in [-0.4, -0.2) is 18.4 Å². The van der Waals surface area contributed by atoms with Gasteiger partial charge in [0.25, 0.3) is 11.8 Å². The van der Waals surface area contributed by atoms with Crippen LogP contribution in [-0.2, 0) is 9.59 Å². The molecule has 2 rings (SSSR count). The molecule has 0 unspecified atom stereocenters. The van der Waals surface area contributed by atoms with Gasteiger partial charge in [-0.2, -0.15) is 0 Å². The summed E-state index contributed by atoms with van der Waals surface area (Å²) in [6.45, 7) is 1.61. The first-order valence-corrected chi connectivity index (χ1v) is 7.63. The first-order chi connectivity index (χ1) is 11.5. The summed E-state index contributed by atoms with van der Waals surface area (Å²) in [7, 11) is 0. The fourth-order valence-corrected chi connectivity index (χ4v) is 2.09. The van der Waals surface area contributed by atoms with E-state index in [-0.39, 0.29) is 6.61 Å². The Morgan fingerprint density at radius 3 is 2.58 bits per heavy atom. The van der Waals surface area contributed by atoms with Gasteiger partial charge in [-0.3, -0.25) is 20.4 Å². The summed E-state index contributed by atoms with van der Waals surface area (Å²) in [6.07, 6.45) is 2.98. The Hall–Kier alpha value is -2.79. The lowest BCUT2D eigenvalue weighted by Gasteiger charge is -2.09. The molecule has 6 heteroatoms. The lowest BCUT2D eigenvalue weighted by Crippen LogP contribution is -2.43. The zero-order chi connectivity index (χ0) is 17.4. The predicted molar refractivity (Wildman–Crippen MR) is 93.4 cm³/mol. The van der Waals surface area contributed by atoms with Gasteiger partial charge < -0.3 is 4.74 Å². The van der Waals surface area contributed by atoms with Gasteiger partial charge in [-0.1, -0.05) is 41.9 Å². The van der Waals surface area contributed by atoms with Crippen molar-refractivity contribution >= 4 is 29.5 Å². The van der Waals surface area contributed by atoms with E-state index in [1.165, 1.54) is 6.08 Å². The molecule has 0 aliphatic rings. The number of carbonyl (C=O) groups excluding carboxylic acids is 2. The first-order valence-electron chi connectivity index (χ1n) is 7.25. The van der Waals surface area contributed by atoms with E-state index in [0.717, 1.165) is 11.1 Å². The van der Waals surface area contributed by atoms with E-state index >= 15 is 0 Å². The van der Waals surface area contributed by atoms with Crippen LogP contribution in [0.25, 0.3) is 6.08 Å². The summed E-state index contributed by atoms with van der Waals surface area (Å²) in [5.41, 5.74) is 6.28. The fraction of sp³-hybridized carbons (Fsp3) is 0.111. The minimum atomic E-state index is -0.467. The topological polar surface area (TPSA) is 67.4 Å². The van der Waals surface area contributed by atoms with Gasteiger partial charge in [0, 0.05) is 11.1 Å². The van der Waals surface area contributed by atoms with Crippen molar-refractivity contribution in [3.63, 3.8) is 0 Å². The van der Waals surface area contributed by atoms with Gasteiger partial charge in [0.05, 0.1) is 0 Å². The molecule has 0 aliphatic carbocycles. The highest BCUT2D eigenvalue weighted by molar-refractivity contribution is 6.30. The molecule has 0 heterocycles. The lowest BCUT2D eigenvalue weighted by molar-refractivity contribution is -0.128. The number of carbonyl (C=O) groups is 2. The molecule has 2 aromatic carbocycles. The Bertz CT molecular complexity index is 745. The second-order valence-corrected chi connectivity index (χ2v) is 5.42. The fourth-order valence-electron chi connectivity index (χ4n) is 1.86. The Kier molecular flexibility index (Phi) is 6.40. The summed E-state index contributed by atoms with van der Waals surface area (Å²) >= 11 is 5.85. The van der Waals surface area contributed by atoms with E-state index < -0.39 is 11.8 Å². The van der Waals surface area contributed by atoms with Crippen molar-refractivity contribution in [1.29, 1.82) is 0 Å². The maximum absolute atomic E-state index is 11.7. The minimum absolute atomic E-state index is 0.217. The van der Waals surface area contributed by atoms with E-state index in [4.69, 9.17) is 16.3 Å². The Labute approximate surface area is 145 Å². The molecular weight excluding hydrogens is 328 g/mol. The van der Waals surface area contributed by atoms with Gasteiger partial charge in [0.1, 0.15) is 5.75 Å². The van der Waals surface area contributed by atoms with Gasteiger partial charge in [-0.05, 0) is 42.3 Å². The van der Waals surface area contributed by atoms with Crippen LogP contribution in [0.3, 0.4) is 0 Å². The van der Waals surface area contributed by atoms with Crippen LogP contribution in [0.15, 0.2) is 54.6 Å². The summed E-state index contributed by atoms with van der Waals surface area (Å²) in [5, 5.41) is 0.599. The number of nitrogens with one attached hydrogen (secondary N) is 2. The quantitative estimate of drug-likeness (QED) is 0.647. The van der Waals surface area contributed by atoms with Crippen molar-refractivity contribution in [1.82, 2.24) is 10.9 Å². The largest absolute Gasteiger partial charge is 0.483 e. The number of ether oxygens (including phenoxy) is 1. The zero-order valence-electron chi connectivity index (χ0n) is 13.1. The Balaban J connectivity index is 1.74. The van der Waals surface area contributed by atoms with Crippen LogP contribution in [0.1, 0.15) is 11.1 Å². The number of aryl methyl sites for hydroxylation is 1. The maximum atomic E-state index is 11.7. The molecule has 24 heavy (non-hydrogen) atoms. The molecule has 0 aromatic heterocycles. The Morgan fingerprint density at radius 2 is 1.88 bits per heavy atom. The van der Waals surface area contributed by atoms with Crippen molar-refractivity contribution in [2.45, 2.75) is 6.92 Å². The first kappa shape index (κ1) is 17.6. The molecule has 0 spiro atoms. The summed E-state index contributed by atoms with van der Waals surface area (Å²) in [5.74, 6) is -0.342. The molecule has 2 amide bonds. The molecule has 2 aromatic rings. The number of halogens is 1. The van der Waals surface area contributed by atoms with Crippen LogP contribution in [0.4, 0.5) is 0 Å². The molecule has 2 N–H and O–H groups in total. The SMILES string of the molecule is Cc1cc(Cl)ccc1OCC(=O)NNC(=O)C=Cc1ccccc1. The van der Waals surface area contributed by atoms with Gasteiger partial charge in [-0.25, -0.2) is 0 Å². The van der Waals surface area contributed by atoms with Crippen LogP contribution in [0.5, 0.6) is 5.75 Å². The molecule has 0 atom stereocenters. The third kappa shape index (κ3) is 5.78. The second-order valence-electron chi connectivity index (χ2n) is 4.98. The van der Waals surface area contributed by atoms with Crippen LogP contribution in [0.2, 0.25) is 5.02 Å². The van der Waals surface area contributed by atoms with Crippen LogP contribution < -0.4 is 15.6 Å². The van der Waals surface area contributed by atoms with Gasteiger partial charge in [-0.15, -0.1) is 0 Å². The molecule has 0 fully saturated rings. The lowest BCUT2D eigenvalue weighted by atomic mass is 10.2. The predicted octanol–water partition coefficient (Wildman–Crippen LogP) is 2.89. The van der Waals surface area contributed by atoms with Crippen molar-refractivity contribution in [3.05, 3.63) is 70.8 Å². The third-order valence-electron chi connectivity index (χ3n) is 3.05. The molecular formula is C18H17ClN2O3. The monoisotopic (exact) mass is 344 g/mol. The summed E-state index contributed by atoms with van der Waals surface area (Å²) in [6, 6.07) is 14.5. The number of hydrogen-bond donors (Lipinski definition) is 2. The second kappa shape index (κ2) is 8.74. The number of hydrazine groups is 1. The molecule has 0 saturated carbocycles. The number of amides is 2. The van der Waals surface area contributed by atoms with Crippen molar-refractivity contribution < 1.29 is 14.3 Å². The smallest absolute Gasteiger partial charge is 0.276 e. The molecule has 0 radical (unpaired) electrons.